The van der Waals surface area contributed by atoms with Crippen molar-refractivity contribution in [3.8, 4) is 0 Å². The Hall–Kier alpha value is -2.63. The van der Waals surface area contributed by atoms with E-state index in [-0.39, 0.29) is 12.1 Å². The van der Waals surface area contributed by atoms with Crippen LogP contribution in [0.15, 0.2) is 72.1 Å². The number of nitrogens with zero attached hydrogens (tertiary/aromatic N) is 1. The standard InChI is InChI=1S/C22H23N3OS/c26-22(24-19-9-2-1-3-10-19)23-15-20(21-11-6-14-27-21)25-13-12-17-7-4-5-8-18(17)16-25/h1-11,14,20H,12-13,15-16H2,(H2,23,24,26). The van der Waals surface area contributed by atoms with E-state index < -0.39 is 0 Å². The van der Waals surface area contributed by atoms with Crippen LogP contribution in [0.4, 0.5) is 10.5 Å². The lowest BCUT2D eigenvalue weighted by molar-refractivity contribution is 0.178. The molecular weight excluding hydrogens is 354 g/mol. The molecule has 0 aliphatic carbocycles. The van der Waals surface area contributed by atoms with Gasteiger partial charge in [0.25, 0.3) is 0 Å². The summed E-state index contributed by atoms with van der Waals surface area (Å²) < 4.78 is 0. The molecule has 0 spiro atoms. The number of benzene rings is 2. The summed E-state index contributed by atoms with van der Waals surface area (Å²) >= 11 is 1.75. The predicted octanol–water partition coefficient (Wildman–Crippen LogP) is 4.67. The van der Waals surface area contributed by atoms with Gasteiger partial charge in [-0.1, -0.05) is 48.5 Å². The zero-order valence-corrected chi connectivity index (χ0v) is 15.9. The molecule has 1 aliphatic heterocycles. The molecule has 0 saturated carbocycles. The van der Waals surface area contributed by atoms with Crippen molar-refractivity contribution < 1.29 is 4.79 Å². The van der Waals surface area contributed by atoms with Crippen molar-refractivity contribution in [3.63, 3.8) is 0 Å². The zero-order valence-electron chi connectivity index (χ0n) is 15.1. The second kappa shape index (κ2) is 8.37. The van der Waals surface area contributed by atoms with Gasteiger partial charge in [-0.25, -0.2) is 4.79 Å². The van der Waals surface area contributed by atoms with Crippen LogP contribution in [0, 0.1) is 0 Å². The smallest absolute Gasteiger partial charge is 0.319 e. The molecule has 1 unspecified atom stereocenters. The number of rotatable bonds is 5. The molecular formula is C22H23N3OS. The van der Waals surface area contributed by atoms with Gasteiger partial charge in [-0.2, -0.15) is 0 Å². The molecule has 2 heterocycles. The number of urea groups is 1. The van der Waals surface area contributed by atoms with Crippen LogP contribution in [0.1, 0.15) is 22.0 Å². The highest BCUT2D eigenvalue weighted by Gasteiger charge is 2.25. The van der Waals surface area contributed by atoms with Crippen LogP contribution in [0.3, 0.4) is 0 Å². The molecule has 4 rings (SSSR count). The summed E-state index contributed by atoms with van der Waals surface area (Å²) in [5.74, 6) is 0. The van der Waals surface area contributed by atoms with Crippen LogP contribution in [0.5, 0.6) is 0 Å². The summed E-state index contributed by atoms with van der Waals surface area (Å²) in [7, 11) is 0. The lowest BCUT2D eigenvalue weighted by Crippen LogP contribution is -2.41. The highest BCUT2D eigenvalue weighted by molar-refractivity contribution is 7.10. The van der Waals surface area contributed by atoms with Gasteiger partial charge in [-0.15, -0.1) is 11.3 Å². The Morgan fingerprint density at radius 2 is 1.78 bits per heavy atom. The minimum atomic E-state index is -0.167. The van der Waals surface area contributed by atoms with E-state index in [1.165, 1.54) is 16.0 Å². The highest BCUT2D eigenvalue weighted by atomic mass is 32.1. The van der Waals surface area contributed by atoms with Gasteiger partial charge in [-0.05, 0) is 41.1 Å². The normalized spacial score (nSPS) is 15.0. The number of nitrogens with one attached hydrogen (secondary N) is 2. The van der Waals surface area contributed by atoms with E-state index in [0.29, 0.717) is 6.54 Å². The number of hydrogen-bond donors (Lipinski definition) is 2. The fraction of sp³-hybridized carbons (Fsp3) is 0.227. The minimum Gasteiger partial charge on any atom is -0.336 e. The van der Waals surface area contributed by atoms with E-state index in [1.54, 1.807) is 11.3 Å². The van der Waals surface area contributed by atoms with Crippen molar-refractivity contribution in [3.05, 3.63) is 88.1 Å². The van der Waals surface area contributed by atoms with E-state index >= 15 is 0 Å². The van der Waals surface area contributed by atoms with Gasteiger partial charge in [0.15, 0.2) is 0 Å². The van der Waals surface area contributed by atoms with Crippen LogP contribution >= 0.6 is 11.3 Å². The second-order valence-corrected chi connectivity index (χ2v) is 7.70. The number of anilines is 1. The molecule has 1 aromatic heterocycles. The van der Waals surface area contributed by atoms with E-state index in [4.69, 9.17) is 0 Å². The maximum absolute atomic E-state index is 12.3. The first kappa shape index (κ1) is 17.8. The molecule has 2 aromatic carbocycles. The van der Waals surface area contributed by atoms with Gasteiger partial charge in [-0.3, -0.25) is 4.90 Å². The Morgan fingerprint density at radius 3 is 2.56 bits per heavy atom. The second-order valence-electron chi connectivity index (χ2n) is 6.72. The van der Waals surface area contributed by atoms with Crippen LogP contribution in [0.2, 0.25) is 0 Å². The largest absolute Gasteiger partial charge is 0.336 e. The summed E-state index contributed by atoms with van der Waals surface area (Å²) in [6.45, 7) is 2.50. The summed E-state index contributed by atoms with van der Waals surface area (Å²) in [4.78, 5) is 16.1. The Balaban J connectivity index is 1.44. The third-order valence-electron chi connectivity index (χ3n) is 4.96. The fourth-order valence-corrected chi connectivity index (χ4v) is 4.42. The van der Waals surface area contributed by atoms with Crippen LogP contribution < -0.4 is 10.6 Å². The predicted molar refractivity (Wildman–Crippen MR) is 111 cm³/mol. The first-order valence-electron chi connectivity index (χ1n) is 9.24. The molecule has 4 nitrogen and oxygen atoms in total. The van der Waals surface area contributed by atoms with E-state index in [2.05, 4.69) is 57.3 Å². The number of amides is 2. The number of carbonyl (C=O) groups is 1. The number of carbonyl (C=O) groups excluding carboxylic acids is 1. The summed E-state index contributed by atoms with van der Waals surface area (Å²) in [6, 6.07) is 22.4. The molecule has 2 N–H and O–H groups in total. The van der Waals surface area contributed by atoms with Crippen molar-refractivity contribution in [2.75, 3.05) is 18.4 Å². The molecule has 138 valence electrons. The third kappa shape index (κ3) is 4.38. The molecule has 0 saturated heterocycles. The Kier molecular flexibility index (Phi) is 5.51. The average molecular weight is 378 g/mol. The Labute approximate surface area is 163 Å². The van der Waals surface area contributed by atoms with Crippen LogP contribution in [-0.2, 0) is 13.0 Å². The minimum absolute atomic E-state index is 0.167. The van der Waals surface area contributed by atoms with Gasteiger partial charge in [0.1, 0.15) is 0 Å². The monoisotopic (exact) mass is 377 g/mol. The molecule has 0 radical (unpaired) electrons. The molecule has 3 aromatic rings. The lowest BCUT2D eigenvalue weighted by atomic mass is 9.98. The van der Waals surface area contributed by atoms with Gasteiger partial charge in [0.05, 0.1) is 6.04 Å². The molecule has 0 fully saturated rings. The van der Waals surface area contributed by atoms with Gasteiger partial charge < -0.3 is 10.6 Å². The fourth-order valence-electron chi connectivity index (χ4n) is 3.56. The van der Waals surface area contributed by atoms with Crippen LogP contribution in [0.25, 0.3) is 0 Å². The van der Waals surface area contributed by atoms with Crippen molar-refractivity contribution >= 4 is 23.1 Å². The molecule has 2 amide bonds. The first-order valence-corrected chi connectivity index (χ1v) is 10.1. The lowest BCUT2D eigenvalue weighted by Gasteiger charge is -2.35. The van der Waals surface area contributed by atoms with Crippen molar-refractivity contribution in [1.29, 1.82) is 0 Å². The topological polar surface area (TPSA) is 44.4 Å². The van der Waals surface area contributed by atoms with Crippen LogP contribution in [-0.4, -0.2) is 24.0 Å². The summed E-state index contributed by atoms with van der Waals surface area (Å²) in [5, 5.41) is 8.05. The van der Waals surface area contributed by atoms with Gasteiger partial charge in [0, 0.05) is 30.2 Å². The molecule has 1 atom stereocenters. The highest BCUT2D eigenvalue weighted by Crippen LogP contribution is 2.30. The molecule has 1 aliphatic rings. The number of para-hydroxylation sites is 1. The van der Waals surface area contributed by atoms with Gasteiger partial charge in [0.2, 0.25) is 0 Å². The number of thiophene rings is 1. The maximum Gasteiger partial charge on any atom is 0.319 e. The SMILES string of the molecule is O=C(NCC(c1cccs1)N1CCc2ccccc2C1)Nc1ccccc1. The number of hydrogen-bond acceptors (Lipinski definition) is 3. The number of fused-ring (bicyclic) bond motifs is 1. The zero-order chi connectivity index (χ0) is 18.5. The summed E-state index contributed by atoms with van der Waals surface area (Å²) in [5.41, 5.74) is 3.63. The van der Waals surface area contributed by atoms with E-state index in [1.807, 2.05) is 30.3 Å². The van der Waals surface area contributed by atoms with Crippen molar-refractivity contribution in [1.82, 2.24) is 10.2 Å². The van der Waals surface area contributed by atoms with Crippen molar-refractivity contribution in [2.45, 2.75) is 19.0 Å². The molecule has 5 heteroatoms. The maximum atomic E-state index is 12.3. The van der Waals surface area contributed by atoms with Gasteiger partial charge >= 0.3 is 6.03 Å². The Morgan fingerprint density at radius 1 is 1.00 bits per heavy atom. The third-order valence-corrected chi connectivity index (χ3v) is 5.93. The summed E-state index contributed by atoms with van der Waals surface area (Å²) in [6.07, 6.45) is 1.05. The van der Waals surface area contributed by atoms with E-state index in [0.717, 1.165) is 25.2 Å². The average Bonchev–Trinajstić information content (AvgIpc) is 3.23. The quantitative estimate of drug-likeness (QED) is 0.679. The molecule has 27 heavy (non-hydrogen) atoms. The first-order chi connectivity index (χ1) is 13.3. The van der Waals surface area contributed by atoms with E-state index in [9.17, 15) is 4.79 Å². The Bertz CT molecular complexity index is 880. The molecule has 0 bridgehead atoms. The van der Waals surface area contributed by atoms with Crippen molar-refractivity contribution in [2.24, 2.45) is 0 Å².